The van der Waals surface area contributed by atoms with Gasteiger partial charge in [-0.05, 0) is 34.4 Å². The van der Waals surface area contributed by atoms with Gasteiger partial charge in [0.2, 0.25) is 5.69 Å². The summed E-state index contributed by atoms with van der Waals surface area (Å²) in [6.07, 6.45) is 4.12. The fraction of sp³-hybridized carbons (Fsp3) is 0.0400. The van der Waals surface area contributed by atoms with E-state index in [0.717, 1.165) is 12.2 Å². The van der Waals surface area contributed by atoms with E-state index in [2.05, 4.69) is 89.6 Å². The number of fused-ring (bicyclic) bond motifs is 4. The standard InChI is InChI=1S/C25H17N2/c1-2-6-20-15-17(9-10-18(20)5-1)16-27-14-12-19-11-13-26-24-21-7-3-4-8-22(21)25(27)23(19)24/h1-15H,16H2/q+1. The minimum Gasteiger partial charge on any atom is -0.255 e. The first-order chi connectivity index (χ1) is 13.4. The van der Waals surface area contributed by atoms with Crippen LogP contribution in [-0.2, 0) is 6.54 Å². The van der Waals surface area contributed by atoms with Crippen LogP contribution in [0.4, 0.5) is 0 Å². The molecule has 0 atom stereocenters. The second-order valence-corrected chi connectivity index (χ2v) is 7.14. The maximum atomic E-state index is 4.69. The number of rotatable bonds is 2. The molecule has 0 unspecified atom stereocenters. The SMILES string of the molecule is c1ccc2c(c1)-c1nccc3cc[n+](Cc4ccc5ccccc5c4)c-2c13. The van der Waals surface area contributed by atoms with Crippen molar-refractivity contribution >= 4 is 21.5 Å². The molecule has 2 nitrogen and oxygen atoms in total. The Morgan fingerprint density at radius 1 is 0.704 bits per heavy atom. The van der Waals surface area contributed by atoms with E-state index in [9.17, 15) is 0 Å². The molecule has 0 aliphatic heterocycles. The molecule has 0 saturated carbocycles. The van der Waals surface area contributed by atoms with Crippen LogP contribution in [0.15, 0.2) is 91.3 Å². The maximum absolute atomic E-state index is 4.69. The quantitative estimate of drug-likeness (QED) is 0.385. The van der Waals surface area contributed by atoms with Gasteiger partial charge >= 0.3 is 0 Å². The smallest absolute Gasteiger partial charge is 0.223 e. The second-order valence-electron chi connectivity index (χ2n) is 7.14. The van der Waals surface area contributed by atoms with Gasteiger partial charge in [-0.2, -0.15) is 4.57 Å². The van der Waals surface area contributed by atoms with Crippen LogP contribution >= 0.6 is 0 Å². The summed E-state index contributed by atoms with van der Waals surface area (Å²) in [6, 6.07) is 28.2. The third-order valence-corrected chi connectivity index (χ3v) is 5.55. The molecule has 1 aliphatic rings. The fourth-order valence-corrected chi connectivity index (χ4v) is 4.31. The van der Waals surface area contributed by atoms with E-state index < -0.39 is 0 Å². The third-order valence-electron chi connectivity index (χ3n) is 5.55. The molecule has 0 fully saturated rings. The molecular weight excluding hydrogens is 328 g/mol. The maximum Gasteiger partial charge on any atom is 0.223 e. The van der Waals surface area contributed by atoms with Gasteiger partial charge in [0, 0.05) is 23.4 Å². The van der Waals surface area contributed by atoms with Crippen LogP contribution in [0.5, 0.6) is 0 Å². The normalized spacial score (nSPS) is 11.9. The molecule has 0 bridgehead atoms. The van der Waals surface area contributed by atoms with E-state index in [1.165, 1.54) is 43.9 Å². The number of benzene rings is 3. The number of hydrogen-bond donors (Lipinski definition) is 0. The molecular formula is C25H17N2+. The van der Waals surface area contributed by atoms with Gasteiger partial charge in [-0.25, -0.2) is 0 Å². The average Bonchev–Trinajstić information content (AvgIpc) is 3.07. The highest BCUT2D eigenvalue weighted by Crippen LogP contribution is 2.43. The summed E-state index contributed by atoms with van der Waals surface area (Å²) in [5.41, 5.74) is 6.20. The largest absolute Gasteiger partial charge is 0.255 e. The van der Waals surface area contributed by atoms with Gasteiger partial charge in [0.05, 0.1) is 16.6 Å². The first-order valence-corrected chi connectivity index (χ1v) is 9.27. The molecule has 0 N–H and O–H groups in total. The summed E-state index contributed by atoms with van der Waals surface area (Å²) in [4.78, 5) is 4.69. The molecule has 0 spiro atoms. The summed E-state index contributed by atoms with van der Waals surface area (Å²) in [5, 5.41) is 5.09. The van der Waals surface area contributed by atoms with Gasteiger partial charge in [-0.15, -0.1) is 0 Å². The number of nitrogens with zero attached hydrogens (tertiary/aromatic N) is 2. The van der Waals surface area contributed by atoms with E-state index in [-0.39, 0.29) is 0 Å². The van der Waals surface area contributed by atoms with E-state index in [0.29, 0.717) is 0 Å². The Hall–Kier alpha value is -3.52. The molecule has 3 aromatic carbocycles. The van der Waals surface area contributed by atoms with Crippen molar-refractivity contribution in [3.05, 3.63) is 96.8 Å². The lowest BCUT2D eigenvalue weighted by atomic mass is 10.1. The van der Waals surface area contributed by atoms with Crippen molar-refractivity contribution < 1.29 is 4.57 Å². The molecule has 2 heteroatoms. The van der Waals surface area contributed by atoms with Crippen molar-refractivity contribution in [3.63, 3.8) is 0 Å². The van der Waals surface area contributed by atoms with E-state index in [4.69, 9.17) is 4.98 Å². The Balaban J connectivity index is 1.57. The molecule has 0 saturated heterocycles. The highest BCUT2D eigenvalue weighted by Gasteiger charge is 2.30. The first kappa shape index (κ1) is 14.6. The van der Waals surface area contributed by atoms with Crippen molar-refractivity contribution in [2.24, 2.45) is 0 Å². The van der Waals surface area contributed by atoms with Crippen LogP contribution < -0.4 is 4.57 Å². The lowest BCUT2D eigenvalue weighted by molar-refractivity contribution is -0.676. The topological polar surface area (TPSA) is 16.8 Å². The van der Waals surface area contributed by atoms with Crippen molar-refractivity contribution in [3.8, 4) is 22.5 Å². The minimum atomic E-state index is 0.846. The highest BCUT2D eigenvalue weighted by atomic mass is 15.0. The van der Waals surface area contributed by atoms with E-state index in [1.807, 2.05) is 6.20 Å². The van der Waals surface area contributed by atoms with Gasteiger partial charge in [0.15, 0.2) is 12.7 Å². The molecule has 27 heavy (non-hydrogen) atoms. The zero-order chi connectivity index (χ0) is 17.8. The van der Waals surface area contributed by atoms with Crippen LogP contribution in [0.25, 0.3) is 44.1 Å². The van der Waals surface area contributed by atoms with Gasteiger partial charge in [0.25, 0.3) is 0 Å². The number of hydrogen-bond acceptors (Lipinski definition) is 1. The van der Waals surface area contributed by atoms with Crippen LogP contribution in [0.1, 0.15) is 5.56 Å². The Morgan fingerprint density at radius 2 is 1.52 bits per heavy atom. The molecule has 126 valence electrons. The van der Waals surface area contributed by atoms with E-state index >= 15 is 0 Å². The summed E-state index contributed by atoms with van der Waals surface area (Å²) in [7, 11) is 0. The van der Waals surface area contributed by atoms with Crippen molar-refractivity contribution in [2.45, 2.75) is 6.54 Å². The Morgan fingerprint density at radius 3 is 2.44 bits per heavy atom. The second kappa shape index (κ2) is 5.49. The zero-order valence-corrected chi connectivity index (χ0v) is 14.8. The lowest BCUT2D eigenvalue weighted by Gasteiger charge is -2.06. The van der Waals surface area contributed by atoms with Gasteiger partial charge < -0.3 is 0 Å². The molecule has 0 amide bonds. The lowest BCUT2D eigenvalue weighted by Crippen LogP contribution is -2.36. The number of pyridine rings is 2. The highest BCUT2D eigenvalue weighted by molar-refractivity contribution is 6.11. The Kier molecular flexibility index (Phi) is 2.97. The van der Waals surface area contributed by atoms with Crippen LogP contribution in [0.2, 0.25) is 0 Å². The Bertz CT molecular complexity index is 1350. The van der Waals surface area contributed by atoms with Crippen molar-refractivity contribution in [1.29, 1.82) is 0 Å². The first-order valence-electron chi connectivity index (χ1n) is 9.27. The number of aromatic nitrogens is 2. The van der Waals surface area contributed by atoms with Crippen LogP contribution in [0, 0.1) is 0 Å². The molecule has 2 aromatic heterocycles. The molecule has 6 rings (SSSR count). The van der Waals surface area contributed by atoms with Crippen molar-refractivity contribution in [1.82, 2.24) is 4.98 Å². The van der Waals surface area contributed by atoms with Crippen LogP contribution in [0.3, 0.4) is 0 Å². The summed E-state index contributed by atoms with van der Waals surface area (Å²) >= 11 is 0. The Labute approximate surface area is 157 Å². The fourth-order valence-electron chi connectivity index (χ4n) is 4.31. The third kappa shape index (κ3) is 2.13. The summed E-state index contributed by atoms with van der Waals surface area (Å²) in [5.74, 6) is 0. The van der Waals surface area contributed by atoms with Gasteiger partial charge in [-0.1, -0.05) is 54.6 Å². The van der Waals surface area contributed by atoms with E-state index in [1.54, 1.807) is 0 Å². The van der Waals surface area contributed by atoms with Crippen molar-refractivity contribution in [2.75, 3.05) is 0 Å². The predicted octanol–water partition coefficient (Wildman–Crippen LogP) is 5.37. The zero-order valence-electron chi connectivity index (χ0n) is 14.8. The van der Waals surface area contributed by atoms with Crippen LogP contribution in [-0.4, -0.2) is 4.98 Å². The molecule has 1 aliphatic carbocycles. The molecule has 2 heterocycles. The van der Waals surface area contributed by atoms with Gasteiger partial charge in [-0.3, -0.25) is 4.98 Å². The van der Waals surface area contributed by atoms with Gasteiger partial charge in [0.1, 0.15) is 0 Å². The molecule has 0 radical (unpaired) electrons. The molecule has 5 aromatic rings. The monoisotopic (exact) mass is 345 g/mol. The minimum absolute atomic E-state index is 0.846. The average molecular weight is 345 g/mol. The summed E-state index contributed by atoms with van der Waals surface area (Å²) in [6.45, 7) is 0.846. The summed E-state index contributed by atoms with van der Waals surface area (Å²) < 4.78 is 2.36. The predicted molar refractivity (Wildman–Crippen MR) is 109 cm³/mol.